The quantitative estimate of drug-likeness (QED) is 0.144. The van der Waals surface area contributed by atoms with E-state index in [4.69, 9.17) is 0 Å². The number of imidazole rings is 2. The van der Waals surface area contributed by atoms with Gasteiger partial charge < -0.3 is 0 Å². The van der Waals surface area contributed by atoms with Gasteiger partial charge in [0.05, 0.1) is 38.9 Å². The van der Waals surface area contributed by atoms with Gasteiger partial charge in [0.25, 0.3) is 23.1 Å². The molecule has 10 nitrogen and oxygen atoms in total. The van der Waals surface area contributed by atoms with Gasteiger partial charge in [-0.3, -0.25) is 9.59 Å². The molecule has 0 fully saturated rings. The van der Waals surface area contributed by atoms with Crippen LogP contribution in [0.3, 0.4) is 0 Å². The number of nitrogens with zero attached hydrogens (tertiary/aromatic N) is 6. The average Bonchev–Trinajstić information content (AvgIpc) is 3.65. The van der Waals surface area contributed by atoms with Crippen LogP contribution >= 0.6 is 0 Å². The third-order valence-corrected chi connectivity index (χ3v) is 8.25. The Morgan fingerprint density at radius 2 is 0.958 bits per heavy atom. The van der Waals surface area contributed by atoms with E-state index in [2.05, 4.69) is 63.5 Å². The van der Waals surface area contributed by atoms with Crippen molar-refractivity contribution in [2.45, 2.75) is 0 Å². The van der Waals surface area contributed by atoms with E-state index in [-0.39, 0.29) is 11.8 Å². The second kappa shape index (κ2) is 13.0. The molecular weight excluding hydrogens is 600 g/mol. The Morgan fingerprint density at radius 1 is 0.562 bits per heavy atom. The fourth-order valence-corrected chi connectivity index (χ4v) is 5.61. The van der Waals surface area contributed by atoms with Gasteiger partial charge in [-0.15, -0.1) is 0 Å². The lowest BCUT2D eigenvalue weighted by molar-refractivity contribution is -0.633. The van der Waals surface area contributed by atoms with Crippen LogP contribution in [0.25, 0.3) is 33.8 Å². The summed E-state index contributed by atoms with van der Waals surface area (Å²) in [6.45, 7) is 0. The second-order valence-electron chi connectivity index (χ2n) is 11.3. The van der Waals surface area contributed by atoms with Crippen molar-refractivity contribution < 1.29 is 18.7 Å². The lowest BCUT2D eigenvalue weighted by atomic mass is 10.1. The Hall–Kier alpha value is -6.68. The lowest BCUT2D eigenvalue weighted by Crippen LogP contribution is -2.29. The van der Waals surface area contributed by atoms with Gasteiger partial charge >= 0.3 is 0 Å². The van der Waals surface area contributed by atoms with E-state index in [1.165, 1.54) is 0 Å². The molecule has 0 aliphatic heterocycles. The van der Waals surface area contributed by atoms with E-state index >= 15 is 0 Å². The molecule has 10 heteroatoms. The van der Waals surface area contributed by atoms with Crippen LogP contribution in [0, 0.1) is 0 Å². The summed E-state index contributed by atoms with van der Waals surface area (Å²) in [7, 11) is 4.08. The largest absolute Gasteiger partial charge is 0.286 e. The Labute approximate surface area is 276 Å². The van der Waals surface area contributed by atoms with Gasteiger partial charge in [-0.25, -0.2) is 28.8 Å². The molecule has 0 unspecified atom stereocenters. The van der Waals surface area contributed by atoms with Crippen LogP contribution in [0.15, 0.2) is 144 Å². The molecule has 7 rings (SSSR count). The molecule has 0 aliphatic carbocycles. The van der Waals surface area contributed by atoms with Crippen molar-refractivity contribution in [2.24, 2.45) is 24.3 Å². The number of aromatic nitrogens is 4. The van der Waals surface area contributed by atoms with Crippen molar-refractivity contribution in [3.05, 3.63) is 156 Å². The van der Waals surface area contributed by atoms with Crippen molar-refractivity contribution in [2.75, 3.05) is 0 Å². The van der Waals surface area contributed by atoms with Crippen LogP contribution in [-0.2, 0) is 14.1 Å². The topological polar surface area (TPSA) is 99.5 Å². The van der Waals surface area contributed by atoms with Gasteiger partial charge in [0.1, 0.15) is 12.4 Å². The monoisotopic (exact) mass is 632 g/mol. The highest BCUT2D eigenvalue weighted by Crippen LogP contribution is 2.19. The average molecular weight is 633 g/mol. The van der Waals surface area contributed by atoms with E-state index in [1.54, 1.807) is 36.7 Å². The summed E-state index contributed by atoms with van der Waals surface area (Å²) < 4.78 is 8.44. The van der Waals surface area contributed by atoms with Crippen molar-refractivity contribution in [1.82, 2.24) is 19.7 Å². The van der Waals surface area contributed by atoms with Crippen LogP contribution in [0.5, 0.6) is 0 Å². The number of pyridine rings is 2. The number of hydrogen-bond acceptors (Lipinski definition) is 4. The van der Waals surface area contributed by atoms with Crippen molar-refractivity contribution in [3.8, 4) is 22.5 Å². The predicted molar refractivity (Wildman–Crippen MR) is 185 cm³/mol. The van der Waals surface area contributed by atoms with Crippen LogP contribution in [0.2, 0.25) is 0 Å². The number of rotatable bonds is 8. The first-order chi connectivity index (χ1) is 23.4. The Kier molecular flexibility index (Phi) is 8.11. The maximum atomic E-state index is 12.6. The molecule has 234 valence electrons. The molecular formula is C38H32N8O2+2. The molecule has 3 aromatic carbocycles. The van der Waals surface area contributed by atoms with Gasteiger partial charge in [-0.1, -0.05) is 36.4 Å². The molecule has 7 aromatic rings. The number of hydrazone groups is 2. The molecule has 0 bridgehead atoms. The fourth-order valence-electron chi connectivity index (χ4n) is 5.61. The summed E-state index contributed by atoms with van der Waals surface area (Å²) in [4.78, 5) is 25.3. The molecule has 0 radical (unpaired) electrons. The maximum Gasteiger partial charge on any atom is 0.286 e. The highest BCUT2D eigenvalue weighted by atomic mass is 16.2. The van der Waals surface area contributed by atoms with Crippen LogP contribution in [0.1, 0.15) is 31.8 Å². The van der Waals surface area contributed by atoms with Gasteiger partial charge in [0, 0.05) is 34.4 Å². The standard InChI is InChI=1S/C38H30N8O2/c1-43-33(25-45-21-5-3-7-35(43)45)29-13-9-27(10-14-29)23-39-41-37(47)31-17-19-32(20-18-31)38(48)42-40-24-28-11-15-30(16-12-28)34-26-46-22-6-4-8-36(46)44(34)2/h3-26H,1-2H3/p+2/b39-23-,40-24-. The zero-order valence-electron chi connectivity index (χ0n) is 26.4. The molecule has 0 saturated heterocycles. The minimum absolute atomic E-state index is 0.375. The molecule has 0 spiro atoms. The summed E-state index contributed by atoms with van der Waals surface area (Å²) in [5.41, 5.74) is 14.0. The van der Waals surface area contributed by atoms with E-state index in [0.29, 0.717) is 11.1 Å². The van der Waals surface area contributed by atoms with E-state index in [1.807, 2.05) is 99.3 Å². The summed E-state index contributed by atoms with van der Waals surface area (Å²) in [5, 5.41) is 8.20. The summed E-state index contributed by atoms with van der Waals surface area (Å²) in [6, 6.07) is 34.3. The molecule has 0 aliphatic rings. The van der Waals surface area contributed by atoms with Crippen LogP contribution in [-0.4, -0.2) is 33.0 Å². The lowest BCUT2D eigenvalue weighted by Gasteiger charge is -2.03. The van der Waals surface area contributed by atoms with Crippen LogP contribution in [0.4, 0.5) is 0 Å². The minimum Gasteiger partial charge on any atom is -0.267 e. The van der Waals surface area contributed by atoms with E-state index in [0.717, 1.165) is 44.9 Å². The smallest absolute Gasteiger partial charge is 0.267 e. The predicted octanol–water partition coefficient (Wildman–Crippen LogP) is 4.70. The number of amides is 2. The molecule has 4 heterocycles. The number of aryl methyl sites for hydroxylation is 2. The fraction of sp³-hybridized carbons (Fsp3) is 0.0526. The molecule has 2 amide bonds. The summed E-state index contributed by atoms with van der Waals surface area (Å²) >= 11 is 0. The number of carbonyl (C=O) groups is 2. The number of nitrogens with one attached hydrogen (secondary N) is 2. The summed E-state index contributed by atoms with van der Waals surface area (Å²) in [5.74, 6) is -0.767. The molecule has 0 atom stereocenters. The molecule has 0 saturated carbocycles. The molecule has 2 N–H and O–H groups in total. The third kappa shape index (κ3) is 6.10. The number of benzene rings is 3. The van der Waals surface area contributed by atoms with Crippen molar-refractivity contribution in [3.63, 3.8) is 0 Å². The zero-order valence-corrected chi connectivity index (χ0v) is 26.4. The Bertz CT molecular complexity index is 2170. The number of fused-ring (bicyclic) bond motifs is 2. The summed E-state index contributed by atoms with van der Waals surface area (Å²) in [6.07, 6.45) is 11.4. The number of carbonyl (C=O) groups excluding carboxylic acids is 2. The third-order valence-electron chi connectivity index (χ3n) is 8.25. The minimum atomic E-state index is -0.383. The molecule has 48 heavy (non-hydrogen) atoms. The van der Waals surface area contributed by atoms with Gasteiger partial charge in [0.15, 0.2) is 11.4 Å². The van der Waals surface area contributed by atoms with E-state index in [9.17, 15) is 9.59 Å². The SMILES string of the molecule is C[n+]1c(-c2ccc(/C=N\NC(=O)c3ccc(C(=O)N/N=C\c4ccc(-c5cn6ccccc6[n+]5C)cc4)cc3)cc2)cn2ccccc21. The first-order valence-corrected chi connectivity index (χ1v) is 15.3. The Balaban J connectivity index is 0.911. The maximum absolute atomic E-state index is 12.6. The zero-order chi connectivity index (χ0) is 33.0. The Morgan fingerprint density at radius 3 is 1.33 bits per heavy atom. The highest BCUT2D eigenvalue weighted by molar-refractivity contribution is 5.98. The van der Waals surface area contributed by atoms with Crippen molar-refractivity contribution in [1.29, 1.82) is 0 Å². The van der Waals surface area contributed by atoms with Gasteiger partial charge in [0.2, 0.25) is 0 Å². The molecule has 4 aromatic heterocycles. The van der Waals surface area contributed by atoms with Crippen molar-refractivity contribution >= 4 is 35.5 Å². The van der Waals surface area contributed by atoms with Gasteiger partial charge in [-0.2, -0.15) is 10.2 Å². The number of hydrogen-bond donors (Lipinski definition) is 2. The first kappa shape index (κ1) is 30.0. The van der Waals surface area contributed by atoms with Gasteiger partial charge in [-0.05, 0) is 71.8 Å². The van der Waals surface area contributed by atoms with Crippen LogP contribution < -0.4 is 20.0 Å². The highest BCUT2D eigenvalue weighted by Gasteiger charge is 2.16. The second-order valence-corrected chi connectivity index (χ2v) is 11.3. The van der Waals surface area contributed by atoms with E-state index < -0.39 is 0 Å². The first-order valence-electron chi connectivity index (χ1n) is 15.3. The normalized spacial score (nSPS) is 11.5.